The molecule has 0 saturated carbocycles. The molecule has 0 aromatic heterocycles. The number of amides is 1. The summed E-state index contributed by atoms with van der Waals surface area (Å²) in [5, 5.41) is 2.93. The third-order valence-electron chi connectivity index (χ3n) is 3.14. The minimum Gasteiger partial charge on any atom is -0.492 e. The molecule has 1 N–H and O–H groups in total. The summed E-state index contributed by atoms with van der Waals surface area (Å²) in [6.45, 7) is 4.39. The van der Waals surface area contributed by atoms with Crippen molar-refractivity contribution >= 4 is 11.6 Å². The number of nitrogens with one attached hydrogen (secondary N) is 1. The highest BCUT2D eigenvalue weighted by atomic mass is 16.5. The molecule has 0 saturated heterocycles. The van der Waals surface area contributed by atoms with Gasteiger partial charge in [-0.3, -0.25) is 4.79 Å². The van der Waals surface area contributed by atoms with Crippen LogP contribution in [-0.4, -0.2) is 12.5 Å². The second-order valence-electron chi connectivity index (χ2n) is 4.55. The Morgan fingerprint density at radius 2 is 1.75 bits per heavy atom. The van der Waals surface area contributed by atoms with Gasteiger partial charge in [0.05, 0.1) is 18.2 Å². The van der Waals surface area contributed by atoms with Crippen molar-refractivity contribution in [3.63, 3.8) is 0 Å². The molecule has 104 valence electrons. The van der Waals surface area contributed by atoms with E-state index in [4.69, 9.17) is 4.74 Å². The molecule has 0 heterocycles. The largest absolute Gasteiger partial charge is 0.492 e. The lowest BCUT2D eigenvalue weighted by molar-refractivity contribution is -0.117. The topological polar surface area (TPSA) is 38.3 Å². The van der Waals surface area contributed by atoms with Crippen LogP contribution >= 0.6 is 0 Å². The van der Waals surface area contributed by atoms with Gasteiger partial charge in [-0.05, 0) is 31.5 Å². The fourth-order valence-corrected chi connectivity index (χ4v) is 1.99. The van der Waals surface area contributed by atoms with Crippen molar-refractivity contribution in [1.29, 1.82) is 0 Å². The van der Waals surface area contributed by atoms with Crippen LogP contribution in [0.4, 0.5) is 5.69 Å². The maximum Gasteiger partial charge on any atom is 0.231 e. The summed E-state index contributed by atoms with van der Waals surface area (Å²) in [7, 11) is 0. The van der Waals surface area contributed by atoms with E-state index in [-0.39, 0.29) is 11.8 Å². The molecule has 1 atom stereocenters. The van der Waals surface area contributed by atoms with E-state index in [2.05, 4.69) is 5.32 Å². The predicted molar refractivity (Wildman–Crippen MR) is 81.1 cm³/mol. The van der Waals surface area contributed by atoms with Crippen molar-refractivity contribution in [2.45, 2.75) is 19.8 Å². The average molecular weight is 269 g/mol. The summed E-state index contributed by atoms with van der Waals surface area (Å²) in [6.07, 6.45) is 0. The van der Waals surface area contributed by atoms with E-state index in [1.165, 1.54) is 0 Å². The third-order valence-corrected chi connectivity index (χ3v) is 3.14. The fraction of sp³-hybridized carbons (Fsp3) is 0.235. The third kappa shape index (κ3) is 3.38. The molecule has 20 heavy (non-hydrogen) atoms. The van der Waals surface area contributed by atoms with Crippen LogP contribution in [0, 0.1) is 0 Å². The molecule has 0 unspecified atom stereocenters. The monoisotopic (exact) mass is 269 g/mol. The van der Waals surface area contributed by atoms with Gasteiger partial charge in [-0.15, -0.1) is 0 Å². The Balaban J connectivity index is 2.12. The molecule has 0 radical (unpaired) electrons. The number of para-hydroxylation sites is 2. The minimum atomic E-state index is -0.203. The summed E-state index contributed by atoms with van der Waals surface area (Å²) < 4.78 is 5.51. The van der Waals surface area contributed by atoms with Gasteiger partial charge in [0.1, 0.15) is 5.75 Å². The first-order valence-electron chi connectivity index (χ1n) is 6.80. The quantitative estimate of drug-likeness (QED) is 0.896. The van der Waals surface area contributed by atoms with E-state index in [1.807, 2.05) is 68.4 Å². The van der Waals surface area contributed by atoms with Crippen LogP contribution in [0.1, 0.15) is 25.3 Å². The first-order chi connectivity index (χ1) is 9.72. The Hall–Kier alpha value is -2.29. The van der Waals surface area contributed by atoms with Gasteiger partial charge in [0.2, 0.25) is 5.91 Å². The number of benzene rings is 2. The van der Waals surface area contributed by atoms with Crippen LogP contribution in [0.5, 0.6) is 5.75 Å². The van der Waals surface area contributed by atoms with E-state index in [0.29, 0.717) is 18.0 Å². The number of anilines is 1. The molecule has 0 spiro atoms. The van der Waals surface area contributed by atoms with Gasteiger partial charge in [-0.1, -0.05) is 42.5 Å². The molecule has 2 aromatic rings. The van der Waals surface area contributed by atoms with E-state index in [1.54, 1.807) is 0 Å². The molecule has 3 heteroatoms. The Morgan fingerprint density at radius 3 is 2.45 bits per heavy atom. The van der Waals surface area contributed by atoms with Crippen LogP contribution in [-0.2, 0) is 4.79 Å². The first kappa shape index (κ1) is 14.1. The summed E-state index contributed by atoms with van der Waals surface area (Å²) in [6, 6.07) is 17.2. The zero-order chi connectivity index (χ0) is 14.4. The van der Waals surface area contributed by atoms with Gasteiger partial charge in [-0.25, -0.2) is 0 Å². The Kier molecular flexibility index (Phi) is 4.77. The predicted octanol–water partition coefficient (Wildman–Crippen LogP) is 3.83. The van der Waals surface area contributed by atoms with Crippen LogP contribution in [0.3, 0.4) is 0 Å². The van der Waals surface area contributed by atoms with Crippen molar-refractivity contribution in [2.75, 3.05) is 11.9 Å². The van der Waals surface area contributed by atoms with Crippen molar-refractivity contribution in [1.82, 2.24) is 0 Å². The van der Waals surface area contributed by atoms with Gasteiger partial charge in [0.15, 0.2) is 0 Å². The lowest BCUT2D eigenvalue weighted by atomic mass is 10.0. The summed E-state index contributed by atoms with van der Waals surface area (Å²) in [5.41, 5.74) is 1.71. The second kappa shape index (κ2) is 6.75. The highest BCUT2D eigenvalue weighted by Gasteiger charge is 2.16. The normalized spacial score (nSPS) is 11.7. The van der Waals surface area contributed by atoms with Crippen LogP contribution in [0.15, 0.2) is 54.6 Å². The Morgan fingerprint density at radius 1 is 1.10 bits per heavy atom. The van der Waals surface area contributed by atoms with E-state index in [9.17, 15) is 4.79 Å². The molecule has 1 amide bonds. The molecule has 3 nitrogen and oxygen atoms in total. The number of carbonyl (C=O) groups excluding carboxylic acids is 1. The Bertz CT molecular complexity index is 566. The molecule has 0 aliphatic rings. The maximum atomic E-state index is 12.3. The molecule has 2 rings (SSSR count). The number of hydrogen-bond donors (Lipinski definition) is 1. The van der Waals surface area contributed by atoms with Gasteiger partial charge in [-0.2, -0.15) is 0 Å². The van der Waals surface area contributed by atoms with Crippen molar-refractivity contribution < 1.29 is 9.53 Å². The van der Waals surface area contributed by atoms with E-state index in [0.717, 1.165) is 5.56 Å². The molecule has 2 aromatic carbocycles. The zero-order valence-electron chi connectivity index (χ0n) is 11.8. The highest BCUT2D eigenvalue weighted by Crippen LogP contribution is 2.25. The molecule has 0 fully saturated rings. The number of hydrogen-bond acceptors (Lipinski definition) is 2. The van der Waals surface area contributed by atoms with Gasteiger partial charge < -0.3 is 10.1 Å². The van der Waals surface area contributed by atoms with Crippen molar-refractivity contribution in [3.05, 3.63) is 60.2 Å². The summed E-state index contributed by atoms with van der Waals surface area (Å²) in [4.78, 5) is 12.3. The van der Waals surface area contributed by atoms with Gasteiger partial charge in [0.25, 0.3) is 0 Å². The minimum absolute atomic E-state index is 0.0386. The lowest BCUT2D eigenvalue weighted by Gasteiger charge is -2.15. The van der Waals surface area contributed by atoms with E-state index >= 15 is 0 Å². The van der Waals surface area contributed by atoms with Gasteiger partial charge in [0, 0.05) is 0 Å². The molecular weight excluding hydrogens is 250 g/mol. The van der Waals surface area contributed by atoms with Gasteiger partial charge >= 0.3 is 0 Å². The van der Waals surface area contributed by atoms with Crippen molar-refractivity contribution in [3.8, 4) is 5.75 Å². The highest BCUT2D eigenvalue weighted by molar-refractivity contribution is 5.96. The smallest absolute Gasteiger partial charge is 0.231 e. The zero-order valence-corrected chi connectivity index (χ0v) is 11.8. The fourth-order valence-electron chi connectivity index (χ4n) is 1.99. The molecule has 0 aliphatic carbocycles. The molecule has 0 aliphatic heterocycles. The van der Waals surface area contributed by atoms with Crippen molar-refractivity contribution in [2.24, 2.45) is 0 Å². The number of rotatable bonds is 5. The molecule has 0 bridgehead atoms. The van der Waals surface area contributed by atoms with E-state index < -0.39 is 0 Å². The number of carbonyl (C=O) groups is 1. The summed E-state index contributed by atoms with van der Waals surface area (Å²) >= 11 is 0. The standard InChI is InChI=1S/C17H19NO2/c1-3-20-16-12-8-7-11-15(16)18-17(19)13(2)14-9-5-4-6-10-14/h4-13H,3H2,1-2H3,(H,18,19)/t13-/m0/s1. The molecular formula is C17H19NO2. The second-order valence-corrected chi connectivity index (χ2v) is 4.55. The lowest BCUT2D eigenvalue weighted by Crippen LogP contribution is -2.19. The average Bonchev–Trinajstić information content (AvgIpc) is 2.49. The summed E-state index contributed by atoms with van der Waals surface area (Å²) in [5.74, 6) is 0.456. The number of ether oxygens (including phenoxy) is 1. The maximum absolute atomic E-state index is 12.3. The van der Waals surface area contributed by atoms with Crippen LogP contribution in [0.2, 0.25) is 0 Å². The van der Waals surface area contributed by atoms with Crippen LogP contribution < -0.4 is 10.1 Å². The van der Waals surface area contributed by atoms with Crippen LogP contribution in [0.25, 0.3) is 0 Å². The SMILES string of the molecule is CCOc1ccccc1NC(=O)[C@@H](C)c1ccccc1. The first-order valence-corrected chi connectivity index (χ1v) is 6.80. The Labute approximate surface area is 119 Å².